The van der Waals surface area contributed by atoms with E-state index < -0.39 is 6.04 Å². The molecule has 0 bridgehead atoms. The Balaban J connectivity index is 2.39. The molecule has 0 aliphatic carbocycles. The van der Waals surface area contributed by atoms with Gasteiger partial charge in [0.15, 0.2) is 5.75 Å². The van der Waals surface area contributed by atoms with Gasteiger partial charge in [-0.05, 0) is 17.7 Å². The maximum absolute atomic E-state index is 12.8. The number of ether oxygens (including phenoxy) is 1. The van der Waals surface area contributed by atoms with Crippen LogP contribution in [0.3, 0.4) is 0 Å². The molecule has 5 heteroatoms. The molecule has 1 aromatic carbocycles. The monoisotopic (exact) mass is 235 g/mol. The van der Waals surface area contributed by atoms with Crippen LogP contribution in [0.1, 0.15) is 17.3 Å². The summed E-state index contributed by atoms with van der Waals surface area (Å²) in [5.41, 5.74) is 7.70. The van der Waals surface area contributed by atoms with Crippen molar-refractivity contribution in [1.82, 2.24) is 9.78 Å². The Morgan fingerprint density at radius 2 is 2.00 bits per heavy atom. The molecule has 1 unspecified atom stereocenters. The highest BCUT2D eigenvalue weighted by atomic mass is 19.1. The predicted octanol–water partition coefficient (Wildman–Crippen LogP) is 1.62. The van der Waals surface area contributed by atoms with Crippen LogP contribution in [0.4, 0.5) is 4.39 Å². The van der Waals surface area contributed by atoms with Gasteiger partial charge < -0.3 is 10.5 Å². The number of nitrogens with two attached hydrogens (primary N) is 1. The van der Waals surface area contributed by atoms with E-state index in [4.69, 9.17) is 10.5 Å². The van der Waals surface area contributed by atoms with Crippen LogP contribution in [0.25, 0.3) is 0 Å². The zero-order valence-electron chi connectivity index (χ0n) is 9.72. The molecule has 0 fully saturated rings. The van der Waals surface area contributed by atoms with Gasteiger partial charge in [-0.25, -0.2) is 4.39 Å². The number of nitrogens with zero attached hydrogens (tertiary/aromatic N) is 2. The van der Waals surface area contributed by atoms with Crippen LogP contribution in [0.15, 0.2) is 30.5 Å². The number of benzene rings is 1. The summed E-state index contributed by atoms with van der Waals surface area (Å²) in [5, 5.41) is 4.09. The summed E-state index contributed by atoms with van der Waals surface area (Å²) in [6.45, 7) is 0. The second-order valence-corrected chi connectivity index (χ2v) is 3.75. The molecule has 90 valence electrons. The van der Waals surface area contributed by atoms with E-state index in [-0.39, 0.29) is 5.82 Å². The highest BCUT2D eigenvalue weighted by Gasteiger charge is 2.18. The van der Waals surface area contributed by atoms with E-state index in [9.17, 15) is 4.39 Å². The molecule has 0 saturated carbocycles. The van der Waals surface area contributed by atoms with Crippen molar-refractivity contribution in [2.24, 2.45) is 12.8 Å². The van der Waals surface area contributed by atoms with E-state index in [1.54, 1.807) is 37.2 Å². The van der Waals surface area contributed by atoms with Gasteiger partial charge in [-0.2, -0.15) is 5.10 Å². The first-order valence-electron chi connectivity index (χ1n) is 5.20. The molecule has 1 heterocycles. The second-order valence-electron chi connectivity index (χ2n) is 3.75. The average Bonchev–Trinajstić information content (AvgIpc) is 2.70. The van der Waals surface area contributed by atoms with Crippen LogP contribution in [0.5, 0.6) is 5.75 Å². The van der Waals surface area contributed by atoms with Gasteiger partial charge in [0.2, 0.25) is 0 Å². The highest BCUT2D eigenvalue weighted by molar-refractivity contribution is 5.35. The summed E-state index contributed by atoms with van der Waals surface area (Å²) in [4.78, 5) is 0. The Bertz CT molecular complexity index is 507. The Morgan fingerprint density at radius 1 is 1.35 bits per heavy atom. The second kappa shape index (κ2) is 4.55. The summed E-state index contributed by atoms with van der Waals surface area (Å²) in [5.74, 6) is 0.349. The minimum atomic E-state index is -0.391. The number of halogens is 1. The summed E-state index contributed by atoms with van der Waals surface area (Å²) in [6, 6.07) is 5.70. The maximum atomic E-state index is 12.8. The van der Waals surface area contributed by atoms with Crippen molar-refractivity contribution in [3.8, 4) is 5.75 Å². The molecule has 4 nitrogen and oxygen atoms in total. The Morgan fingerprint density at radius 3 is 2.59 bits per heavy atom. The third-order valence-corrected chi connectivity index (χ3v) is 2.69. The third kappa shape index (κ3) is 2.14. The molecule has 0 aliphatic heterocycles. The Labute approximate surface area is 98.8 Å². The molecule has 2 N–H and O–H groups in total. The first-order chi connectivity index (χ1) is 8.13. The third-order valence-electron chi connectivity index (χ3n) is 2.69. The van der Waals surface area contributed by atoms with Crippen molar-refractivity contribution in [3.63, 3.8) is 0 Å². The molecule has 2 rings (SSSR count). The van der Waals surface area contributed by atoms with E-state index >= 15 is 0 Å². The van der Waals surface area contributed by atoms with Crippen molar-refractivity contribution in [2.75, 3.05) is 7.11 Å². The fourth-order valence-electron chi connectivity index (χ4n) is 1.77. The lowest BCUT2D eigenvalue weighted by Crippen LogP contribution is -2.16. The van der Waals surface area contributed by atoms with Crippen molar-refractivity contribution >= 4 is 0 Å². The zero-order chi connectivity index (χ0) is 12.4. The van der Waals surface area contributed by atoms with Crippen LogP contribution in [0.2, 0.25) is 0 Å². The van der Waals surface area contributed by atoms with E-state index in [0.29, 0.717) is 5.75 Å². The van der Waals surface area contributed by atoms with Crippen LogP contribution in [-0.4, -0.2) is 16.9 Å². The van der Waals surface area contributed by atoms with Crippen molar-refractivity contribution in [1.29, 1.82) is 0 Å². The lowest BCUT2D eigenvalue weighted by molar-refractivity contribution is 0.406. The lowest BCUT2D eigenvalue weighted by Gasteiger charge is -2.14. The normalized spacial score (nSPS) is 12.5. The van der Waals surface area contributed by atoms with Gasteiger partial charge in [-0.3, -0.25) is 4.68 Å². The molecular weight excluding hydrogens is 221 g/mol. The number of hydrogen-bond acceptors (Lipinski definition) is 3. The summed E-state index contributed by atoms with van der Waals surface area (Å²) < 4.78 is 19.7. The minimum Gasteiger partial charge on any atom is -0.493 e. The van der Waals surface area contributed by atoms with Gasteiger partial charge >= 0.3 is 0 Å². The fraction of sp³-hybridized carbons (Fsp3) is 0.250. The zero-order valence-corrected chi connectivity index (χ0v) is 9.72. The van der Waals surface area contributed by atoms with E-state index in [2.05, 4.69) is 5.10 Å². The van der Waals surface area contributed by atoms with Gasteiger partial charge in [-0.1, -0.05) is 12.1 Å². The Kier molecular flexibility index (Phi) is 3.10. The smallest absolute Gasteiger partial charge is 0.161 e. The number of hydrogen-bond donors (Lipinski definition) is 1. The van der Waals surface area contributed by atoms with Crippen molar-refractivity contribution < 1.29 is 9.13 Å². The number of rotatable bonds is 3. The Hall–Kier alpha value is -1.88. The largest absolute Gasteiger partial charge is 0.493 e. The number of aryl methyl sites for hydroxylation is 1. The van der Waals surface area contributed by atoms with E-state index in [0.717, 1.165) is 11.3 Å². The van der Waals surface area contributed by atoms with Gasteiger partial charge in [0.05, 0.1) is 19.3 Å². The van der Waals surface area contributed by atoms with E-state index in [1.807, 2.05) is 0 Å². The first kappa shape index (κ1) is 11.6. The van der Waals surface area contributed by atoms with Crippen molar-refractivity contribution in [3.05, 3.63) is 47.5 Å². The SMILES string of the molecule is COc1cnn(C)c1C(N)c1ccc(F)cc1. The molecule has 0 aliphatic rings. The van der Waals surface area contributed by atoms with Gasteiger partial charge in [0.1, 0.15) is 11.5 Å². The topological polar surface area (TPSA) is 53.1 Å². The number of methoxy groups -OCH3 is 1. The lowest BCUT2D eigenvalue weighted by atomic mass is 10.0. The van der Waals surface area contributed by atoms with Crippen LogP contribution >= 0.6 is 0 Å². The summed E-state index contributed by atoms with van der Waals surface area (Å²) in [6.07, 6.45) is 1.61. The molecule has 0 radical (unpaired) electrons. The van der Waals surface area contributed by atoms with Crippen molar-refractivity contribution in [2.45, 2.75) is 6.04 Å². The molecular formula is C12H14FN3O. The minimum absolute atomic E-state index is 0.280. The molecule has 0 saturated heterocycles. The molecule has 0 amide bonds. The molecule has 1 aromatic heterocycles. The van der Waals surface area contributed by atoms with Crippen LogP contribution in [-0.2, 0) is 7.05 Å². The molecule has 17 heavy (non-hydrogen) atoms. The molecule has 2 aromatic rings. The van der Waals surface area contributed by atoms with Crippen LogP contribution < -0.4 is 10.5 Å². The first-order valence-corrected chi connectivity index (χ1v) is 5.20. The van der Waals surface area contributed by atoms with Gasteiger partial charge in [0.25, 0.3) is 0 Å². The summed E-state index contributed by atoms with van der Waals surface area (Å²) >= 11 is 0. The standard InChI is InChI=1S/C12H14FN3O/c1-16-12(10(17-2)7-15-16)11(14)8-3-5-9(13)6-4-8/h3-7,11H,14H2,1-2H3. The van der Waals surface area contributed by atoms with Gasteiger partial charge in [-0.15, -0.1) is 0 Å². The fourth-order valence-corrected chi connectivity index (χ4v) is 1.77. The molecule has 0 spiro atoms. The maximum Gasteiger partial charge on any atom is 0.161 e. The van der Waals surface area contributed by atoms with E-state index in [1.165, 1.54) is 12.1 Å². The molecule has 1 atom stereocenters. The quantitative estimate of drug-likeness (QED) is 0.879. The van der Waals surface area contributed by atoms with Crippen LogP contribution in [0, 0.1) is 5.82 Å². The number of aromatic nitrogens is 2. The van der Waals surface area contributed by atoms with Gasteiger partial charge in [0, 0.05) is 7.05 Å². The summed E-state index contributed by atoms with van der Waals surface area (Å²) in [7, 11) is 3.36. The predicted molar refractivity (Wildman–Crippen MR) is 62.2 cm³/mol. The highest BCUT2D eigenvalue weighted by Crippen LogP contribution is 2.27. The average molecular weight is 235 g/mol.